The molecule has 3 rings (SSSR count). The van der Waals surface area contributed by atoms with Crippen LogP contribution in [0.1, 0.15) is 38.4 Å². The fourth-order valence-corrected chi connectivity index (χ4v) is 3.65. The predicted molar refractivity (Wildman–Crippen MR) is 96.1 cm³/mol. The van der Waals surface area contributed by atoms with Crippen molar-refractivity contribution in [2.45, 2.75) is 51.7 Å². The normalized spacial score (nSPS) is 18.0. The number of benzene rings is 1. The summed E-state index contributed by atoms with van der Waals surface area (Å²) >= 11 is 3.55. The van der Waals surface area contributed by atoms with E-state index in [-0.39, 0.29) is 6.09 Å². The first kappa shape index (κ1) is 16.5. The van der Waals surface area contributed by atoms with Gasteiger partial charge in [0.05, 0.1) is 5.52 Å². The van der Waals surface area contributed by atoms with Crippen LogP contribution in [0, 0.1) is 0 Å². The first-order valence-corrected chi connectivity index (χ1v) is 8.82. The lowest BCUT2D eigenvalue weighted by Crippen LogP contribution is -2.33. The Labute approximate surface area is 145 Å². The highest BCUT2D eigenvalue weighted by atomic mass is 79.9. The van der Waals surface area contributed by atoms with Gasteiger partial charge in [0.1, 0.15) is 5.60 Å². The fraction of sp³-hybridized carbons (Fsp3) is 0.500. The second-order valence-corrected chi connectivity index (χ2v) is 8.05. The van der Waals surface area contributed by atoms with E-state index in [0.717, 1.165) is 40.3 Å². The van der Waals surface area contributed by atoms with Gasteiger partial charge in [-0.1, -0.05) is 15.9 Å². The van der Waals surface area contributed by atoms with Crippen LogP contribution in [0.3, 0.4) is 0 Å². The summed E-state index contributed by atoms with van der Waals surface area (Å²) in [5, 5.41) is 4.50. The van der Waals surface area contributed by atoms with Crippen molar-refractivity contribution in [3.05, 3.63) is 33.9 Å². The summed E-state index contributed by atoms with van der Waals surface area (Å²) in [7, 11) is 2.00. The molecule has 1 aromatic heterocycles. The Bertz CT molecular complexity index is 758. The van der Waals surface area contributed by atoms with Crippen LogP contribution in [0.4, 0.5) is 4.79 Å². The fourth-order valence-electron chi connectivity index (χ4n) is 3.29. The van der Waals surface area contributed by atoms with Gasteiger partial charge in [0.25, 0.3) is 0 Å². The number of hydrogen-bond acceptors (Lipinski definition) is 3. The summed E-state index contributed by atoms with van der Waals surface area (Å²) in [5.74, 6) is 0. The lowest BCUT2D eigenvalue weighted by molar-refractivity contribution is 0.0539. The molecule has 1 atom stereocenters. The van der Waals surface area contributed by atoms with E-state index in [9.17, 15) is 4.79 Å². The molecule has 4 nitrogen and oxygen atoms in total. The highest BCUT2D eigenvalue weighted by Gasteiger charge is 2.29. The average Bonchev–Trinajstić information content (AvgIpc) is 2.78. The average molecular weight is 379 g/mol. The van der Waals surface area contributed by atoms with Gasteiger partial charge in [0.15, 0.2) is 0 Å². The van der Waals surface area contributed by atoms with Crippen LogP contribution in [0.25, 0.3) is 10.9 Å². The van der Waals surface area contributed by atoms with Gasteiger partial charge >= 0.3 is 6.09 Å². The van der Waals surface area contributed by atoms with Crippen LogP contribution in [0.2, 0.25) is 0 Å². The van der Waals surface area contributed by atoms with Crippen molar-refractivity contribution in [2.24, 2.45) is 0 Å². The Hall–Kier alpha value is -1.33. The minimum atomic E-state index is -0.502. The maximum atomic E-state index is 12.8. The molecule has 1 unspecified atom stereocenters. The Kier molecular flexibility index (Phi) is 4.27. The van der Waals surface area contributed by atoms with E-state index in [1.807, 2.05) is 40.0 Å². The molecular formula is C18H23BrN2O2. The van der Waals surface area contributed by atoms with Gasteiger partial charge in [-0.15, -0.1) is 0 Å². The smallest absolute Gasteiger partial charge is 0.419 e. The van der Waals surface area contributed by atoms with E-state index in [2.05, 4.69) is 27.3 Å². The second kappa shape index (κ2) is 5.95. The third kappa shape index (κ3) is 3.17. The van der Waals surface area contributed by atoms with Gasteiger partial charge in [-0.05, 0) is 70.8 Å². The molecule has 0 bridgehead atoms. The first-order chi connectivity index (χ1) is 10.8. The summed E-state index contributed by atoms with van der Waals surface area (Å²) in [5.41, 5.74) is 2.79. The lowest BCUT2D eigenvalue weighted by Gasteiger charge is -2.24. The van der Waals surface area contributed by atoms with E-state index >= 15 is 0 Å². The number of carbonyl (C=O) groups excluding carboxylic acids is 1. The number of nitrogens with one attached hydrogen (secondary N) is 1. The van der Waals surface area contributed by atoms with Crippen LogP contribution >= 0.6 is 15.9 Å². The molecular weight excluding hydrogens is 356 g/mol. The van der Waals surface area contributed by atoms with Crippen LogP contribution in [0.5, 0.6) is 0 Å². The van der Waals surface area contributed by atoms with E-state index in [1.165, 1.54) is 5.56 Å². The number of hydrogen-bond donors (Lipinski definition) is 1. The summed E-state index contributed by atoms with van der Waals surface area (Å²) in [4.78, 5) is 12.8. The van der Waals surface area contributed by atoms with E-state index < -0.39 is 5.60 Å². The number of nitrogens with zero attached hydrogens (tertiary/aromatic N) is 1. The highest BCUT2D eigenvalue weighted by Crippen LogP contribution is 2.34. The molecule has 1 aliphatic carbocycles. The third-order valence-electron chi connectivity index (χ3n) is 4.31. The van der Waals surface area contributed by atoms with Gasteiger partial charge in [0, 0.05) is 21.6 Å². The Morgan fingerprint density at radius 2 is 2.13 bits per heavy atom. The summed E-state index contributed by atoms with van der Waals surface area (Å²) < 4.78 is 8.44. The molecule has 0 radical (unpaired) electrons. The maximum absolute atomic E-state index is 12.8. The van der Waals surface area contributed by atoms with Crippen molar-refractivity contribution in [3.8, 4) is 0 Å². The summed E-state index contributed by atoms with van der Waals surface area (Å²) in [6, 6.07) is 6.53. The largest absolute Gasteiger partial charge is 0.443 e. The number of carbonyl (C=O) groups is 1. The second-order valence-electron chi connectivity index (χ2n) is 7.13. The number of fused-ring (bicyclic) bond motifs is 3. The molecule has 2 aromatic rings. The maximum Gasteiger partial charge on any atom is 0.419 e. The van der Waals surface area contributed by atoms with E-state index in [4.69, 9.17) is 4.74 Å². The zero-order chi connectivity index (χ0) is 16.8. The van der Waals surface area contributed by atoms with Crippen LogP contribution in [0.15, 0.2) is 22.7 Å². The van der Waals surface area contributed by atoms with Crippen molar-refractivity contribution in [1.29, 1.82) is 0 Å². The molecule has 1 aliphatic rings. The third-order valence-corrected chi connectivity index (χ3v) is 4.80. The molecule has 1 heterocycles. The number of ether oxygens (including phenoxy) is 1. The zero-order valence-corrected chi connectivity index (χ0v) is 15.7. The predicted octanol–water partition coefficient (Wildman–Crippen LogP) is 4.26. The SMILES string of the molecule is CNC1CCc2c(c3cc(Br)ccc3n2C(=O)OC(C)(C)C)C1. The van der Waals surface area contributed by atoms with Crippen molar-refractivity contribution >= 4 is 32.9 Å². The van der Waals surface area contributed by atoms with Crippen molar-refractivity contribution in [3.63, 3.8) is 0 Å². The number of aromatic nitrogens is 1. The van der Waals surface area contributed by atoms with Crippen molar-refractivity contribution in [2.75, 3.05) is 7.05 Å². The standard InChI is InChI=1S/C18H23BrN2O2/c1-18(2,3)23-17(22)21-15-7-5-11(19)9-13(15)14-10-12(20-4)6-8-16(14)21/h5,7,9,12,20H,6,8,10H2,1-4H3. The van der Waals surface area contributed by atoms with Crippen molar-refractivity contribution in [1.82, 2.24) is 9.88 Å². The van der Waals surface area contributed by atoms with Crippen LogP contribution in [-0.2, 0) is 17.6 Å². The molecule has 0 fully saturated rings. The molecule has 23 heavy (non-hydrogen) atoms. The zero-order valence-electron chi connectivity index (χ0n) is 14.1. The van der Waals surface area contributed by atoms with Gasteiger partial charge in [-0.2, -0.15) is 0 Å². The molecule has 1 aromatic carbocycles. The molecule has 0 saturated heterocycles. The quantitative estimate of drug-likeness (QED) is 0.805. The van der Waals surface area contributed by atoms with Gasteiger partial charge in [-0.3, -0.25) is 0 Å². The van der Waals surface area contributed by atoms with Crippen LogP contribution in [-0.4, -0.2) is 29.4 Å². The Morgan fingerprint density at radius 3 is 2.78 bits per heavy atom. The molecule has 5 heteroatoms. The molecule has 0 saturated carbocycles. The Balaban J connectivity index is 2.16. The first-order valence-electron chi connectivity index (χ1n) is 8.02. The topological polar surface area (TPSA) is 43.3 Å². The summed E-state index contributed by atoms with van der Waals surface area (Å²) in [6.45, 7) is 5.70. The molecule has 0 amide bonds. The van der Waals surface area contributed by atoms with E-state index in [0.29, 0.717) is 6.04 Å². The molecule has 0 aliphatic heterocycles. The summed E-state index contributed by atoms with van der Waals surface area (Å²) in [6.07, 6.45) is 2.57. The lowest BCUT2D eigenvalue weighted by atomic mass is 9.91. The molecule has 124 valence electrons. The monoisotopic (exact) mass is 378 g/mol. The number of rotatable bonds is 1. The Morgan fingerprint density at radius 1 is 1.39 bits per heavy atom. The highest BCUT2D eigenvalue weighted by molar-refractivity contribution is 9.10. The molecule has 0 spiro atoms. The number of likely N-dealkylation sites (N-methyl/N-ethyl adjacent to an activating group) is 1. The van der Waals surface area contributed by atoms with E-state index in [1.54, 1.807) is 4.57 Å². The van der Waals surface area contributed by atoms with Gasteiger partial charge in [-0.25, -0.2) is 9.36 Å². The molecule has 1 N–H and O–H groups in total. The van der Waals surface area contributed by atoms with Crippen molar-refractivity contribution < 1.29 is 9.53 Å². The van der Waals surface area contributed by atoms with Gasteiger partial charge < -0.3 is 10.1 Å². The minimum absolute atomic E-state index is 0.283. The van der Waals surface area contributed by atoms with Gasteiger partial charge in [0.2, 0.25) is 0 Å². The number of halogens is 1. The minimum Gasteiger partial charge on any atom is -0.443 e. The van der Waals surface area contributed by atoms with Crippen LogP contribution < -0.4 is 5.32 Å².